The summed E-state index contributed by atoms with van der Waals surface area (Å²) in [5.74, 6) is 0.312. The molecular formula is C19H14Cl2N2O2. The molecule has 126 valence electrons. The van der Waals surface area contributed by atoms with E-state index in [9.17, 15) is 4.79 Å². The second kappa shape index (κ2) is 8.01. The van der Waals surface area contributed by atoms with Crippen LogP contribution in [0.15, 0.2) is 67.0 Å². The SMILES string of the molecule is O=C(Nc1ccc(OCc2ccc(Cl)cc2)c(Cl)c1)c1ccncc1. The molecule has 3 rings (SSSR count). The molecule has 6 heteroatoms. The van der Waals surface area contributed by atoms with Crippen molar-refractivity contribution in [2.45, 2.75) is 6.61 Å². The van der Waals surface area contributed by atoms with E-state index in [-0.39, 0.29) is 5.91 Å². The number of aromatic nitrogens is 1. The highest BCUT2D eigenvalue weighted by molar-refractivity contribution is 6.32. The van der Waals surface area contributed by atoms with Gasteiger partial charge in [-0.1, -0.05) is 35.3 Å². The summed E-state index contributed by atoms with van der Waals surface area (Å²) in [7, 11) is 0. The molecule has 0 aliphatic rings. The molecule has 4 nitrogen and oxygen atoms in total. The third-order valence-corrected chi connectivity index (χ3v) is 3.99. The first-order valence-corrected chi connectivity index (χ1v) is 8.25. The van der Waals surface area contributed by atoms with Gasteiger partial charge in [0.1, 0.15) is 12.4 Å². The fourth-order valence-electron chi connectivity index (χ4n) is 2.14. The fraction of sp³-hybridized carbons (Fsp3) is 0.0526. The van der Waals surface area contributed by atoms with Crippen LogP contribution in [0, 0.1) is 0 Å². The number of nitrogens with zero attached hydrogens (tertiary/aromatic N) is 1. The number of halogens is 2. The fourth-order valence-corrected chi connectivity index (χ4v) is 2.51. The van der Waals surface area contributed by atoms with E-state index in [1.165, 1.54) is 0 Å². The Labute approximate surface area is 155 Å². The second-order valence-corrected chi connectivity index (χ2v) is 6.09. The maximum absolute atomic E-state index is 12.1. The Morgan fingerprint density at radius 3 is 2.40 bits per heavy atom. The van der Waals surface area contributed by atoms with E-state index in [1.54, 1.807) is 54.9 Å². The largest absolute Gasteiger partial charge is 0.487 e. The van der Waals surface area contributed by atoms with Crippen molar-refractivity contribution in [3.05, 3.63) is 88.2 Å². The Morgan fingerprint density at radius 2 is 1.72 bits per heavy atom. The zero-order chi connectivity index (χ0) is 17.6. The molecule has 1 amide bonds. The highest BCUT2D eigenvalue weighted by Gasteiger charge is 2.08. The molecule has 0 saturated carbocycles. The summed E-state index contributed by atoms with van der Waals surface area (Å²) in [6.07, 6.45) is 3.13. The highest BCUT2D eigenvalue weighted by atomic mass is 35.5. The lowest BCUT2D eigenvalue weighted by Crippen LogP contribution is -2.11. The minimum Gasteiger partial charge on any atom is -0.487 e. The topological polar surface area (TPSA) is 51.2 Å². The van der Waals surface area contributed by atoms with E-state index < -0.39 is 0 Å². The molecule has 0 atom stereocenters. The summed E-state index contributed by atoms with van der Waals surface area (Å²) in [6.45, 7) is 0.375. The third kappa shape index (κ3) is 4.72. The number of rotatable bonds is 5. The van der Waals surface area contributed by atoms with Gasteiger partial charge in [-0.25, -0.2) is 0 Å². The van der Waals surface area contributed by atoms with Crippen molar-refractivity contribution in [1.82, 2.24) is 4.98 Å². The summed E-state index contributed by atoms with van der Waals surface area (Å²) in [5, 5.41) is 3.88. The molecule has 1 heterocycles. The summed E-state index contributed by atoms with van der Waals surface area (Å²) < 4.78 is 5.71. The predicted octanol–water partition coefficient (Wildman–Crippen LogP) is 5.22. The van der Waals surface area contributed by atoms with Gasteiger partial charge in [0.25, 0.3) is 5.91 Å². The number of carbonyl (C=O) groups is 1. The highest BCUT2D eigenvalue weighted by Crippen LogP contribution is 2.28. The molecule has 0 aliphatic carbocycles. The van der Waals surface area contributed by atoms with Gasteiger partial charge in [-0.3, -0.25) is 9.78 Å². The van der Waals surface area contributed by atoms with Crippen LogP contribution < -0.4 is 10.1 Å². The predicted molar refractivity (Wildman–Crippen MR) is 99.4 cm³/mol. The molecule has 0 saturated heterocycles. The van der Waals surface area contributed by atoms with Crippen molar-refractivity contribution in [1.29, 1.82) is 0 Å². The number of hydrogen-bond donors (Lipinski definition) is 1. The van der Waals surface area contributed by atoms with Gasteiger partial charge in [-0.2, -0.15) is 0 Å². The van der Waals surface area contributed by atoms with Crippen LogP contribution in [0.4, 0.5) is 5.69 Å². The van der Waals surface area contributed by atoms with E-state index in [0.29, 0.717) is 33.7 Å². The van der Waals surface area contributed by atoms with E-state index in [2.05, 4.69) is 10.3 Å². The Balaban J connectivity index is 1.64. The molecule has 0 unspecified atom stereocenters. The molecule has 2 aromatic carbocycles. The minimum atomic E-state index is -0.228. The van der Waals surface area contributed by atoms with Gasteiger partial charge in [0, 0.05) is 28.7 Å². The van der Waals surface area contributed by atoms with Crippen LogP contribution in [0.2, 0.25) is 10.0 Å². The van der Waals surface area contributed by atoms with Crippen LogP contribution >= 0.6 is 23.2 Å². The lowest BCUT2D eigenvalue weighted by molar-refractivity contribution is 0.102. The van der Waals surface area contributed by atoms with Gasteiger partial charge in [0.2, 0.25) is 0 Å². The molecule has 1 N–H and O–H groups in total. The van der Waals surface area contributed by atoms with Crippen molar-refractivity contribution >= 4 is 34.8 Å². The van der Waals surface area contributed by atoms with Crippen LogP contribution in [-0.2, 0) is 6.61 Å². The maximum atomic E-state index is 12.1. The Morgan fingerprint density at radius 1 is 1.00 bits per heavy atom. The average molecular weight is 373 g/mol. The minimum absolute atomic E-state index is 0.228. The van der Waals surface area contributed by atoms with Crippen LogP contribution in [0.1, 0.15) is 15.9 Å². The van der Waals surface area contributed by atoms with Gasteiger partial charge in [0.05, 0.1) is 5.02 Å². The number of benzene rings is 2. The normalized spacial score (nSPS) is 10.3. The Kier molecular flexibility index (Phi) is 5.53. The van der Waals surface area contributed by atoms with Gasteiger partial charge < -0.3 is 10.1 Å². The quantitative estimate of drug-likeness (QED) is 0.667. The van der Waals surface area contributed by atoms with Crippen LogP contribution in [0.5, 0.6) is 5.75 Å². The number of pyridine rings is 1. The number of amides is 1. The number of hydrogen-bond acceptors (Lipinski definition) is 3. The van der Waals surface area contributed by atoms with Crippen molar-refractivity contribution in [3.8, 4) is 5.75 Å². The Bertz CT molecular complexity index is 868. The zero-order valence-corrected chi connectivity index (χ0v) is 14.6. The molecule has 25 heavy (non-hydrogen) atoms. The third-order valence-electron chi connectivity index (χ3n) is 3.44. The van der Waals surface area contributed by atoms with Crippen molar-refractivity contribution in [2.75, 3.05) is 5.32 Å². The van der Waals surface area contributed by atoms with Crippen LogP contribution in [-0.4, -0.2) is 10.9 Å². The van der Waals surface area contributed by atoms with E-state index >= 15 is 0 Å². The number of ether oxygens (including phenoxy) is 1. The van der Waals surface area contributed by atoms with Crippen molar-refractivity contribution in [2.24, 2.45) is 0 Å². The first-order valence-electron chi connectivity index (χ1n) is 7.50. The molecule has 0 fully saturated rings. The number of nitrogens with one attached hydrogen (secondary N) is 1. The van der Waals surface area contributed by atoms with Gasteiger partial charge in [-0.05, 0) is 48.0 Å². The van der Waals surface area contributed by atoms with Crippen molar-refractivity contribution in [3.63, 3.8) is 0 Å². The monoisotopic (exact) mass is 372 g/mol. The molecule has 1 aromatic heterocycles. The van der Waals surface area contributed by atoms with Gasteiger partial charge >= 0.3 is 0 Å². The van der Waals surface area contributed by atoms with Gasteiger partial charge in [0.15, 0.2) is 0 Å². The first kappa shape index (κ1) is 17.3. The summed E-state index contributed by atoms with van der Waals surface area (Å²) in [6, 6.07) is 15.8. The van der Waals surface area contributed by atoms with E-state index in [0.717, 1.165) is 5.56 Å². The first-order chi connectivity index (χ1) is 12.1. The molecule has 0 aliphatic heterocycles. The lowest BCUT2D eigenvalue weighted by Gasteiger charge is -2.11. The van der Waals surface area contributed by atoms with Gasteiger partial charge in [-0.15, -0.1) is 0 Å². The van der Waals surface area contributed by atoms with Crippen LogP contribution in [0.3, 0.4) is 0 Å². The maximum Gasteiger partial charge on any atom is 0.255 e. The summed E-state index contributed by atoms with van der Waals surface area (Å²) in [4.78, 5) is 16.0. The Hall–Kier alpha value is -2.56. The number of anilines is 1. The smallest absolute Gasteiger partial charge is 0.255 e. The van der Waals surface area contributed by atoms with Crippen LogP contribution in [0.25, 0.3) is 0 Å². The molecule has 0 radical (unpaired) electrons. The zero-order valence-electron chi connectivity index (χ0n) is 13.1. The molecule has 3 aromatic rings. The number of carbonyl (C=O) groups excluding carboxylic acids is 1. The molecule has 0 spiro atoms. The molecular weight excluding hydrogens is 359 g/mol. The summed E-state index contributed by atoms with van der Waals surface area (Å²) in [5.41, 5.74) is 2.09. The average Bonchev–Trinajstić information content (AvgIpc) is 2.63. The standard InChI is InChI=1S/C19H14Cl2N2O2/c20-15-3-1-13(2-4-15)12-25-18-6-5-16(11-17(18)21)23-19(24)14-7-9-22-10-8-14/h1-11H,12H2,(H,23,24). The lowest BCUT2D eigenvalue weighted by atomic mass is 10.2. The van der Waals surface area contributed by atoms with E-state index in [4.69, 9.17) is 27.9 Å². The summed E-state index contributed by atoms with van der Waals surface area (Å²) >= 11 is 12.1. The second-order valence-electron chi connectivity index (χ2n) is 5.25. The van der Waals surface area contributed by atoms with Crippen molar-refractivity contribution < 1.29 is 9.53 Å². The van der Waals surface area contributed by atoms with E-state index in [1.807, 2.05) is 12.1 Å². The molecule has 0 bridgehead atoms.